The van der Waals surface area contributed by atoms with Crippen LogP contribution >= 0.6 is 11.3 Å². The van der Waals surface area contributed by atoms with Crippen LogP contribution in [0.5, 0.6) is 0 Å². The largest absolute Gasteiger partial charge is 0.361 e. The van der Waals surface area contributed by atoms with Gasteiger partial charge in [-0.25, -0.2) is 0 Å². The number of anilines is 1. The quantitative estimate of drug-likeness (QED) is 0.725. The number of aryl methyl sites for hydroxylation is 2. The highest BCUT2D eigenvalue weighted by Gasteiger charge is 2.21. The molecule has 0 saturated carbocycles. The third-order valence-electron chi connectivity index (χ3n) is 3.58. The molecule has 0 aliphatic rings. The summed E-state index contributed by atoms with van der Waals surface area (Å²) in [6.07, 6.45) is 0. The van der Waals surface area contributed by atoms with Gasteiger partial charge in [-0.15, -0.1) is 0 Å². The van der Waals surface area contributed by atoms with Gasteiger partial charge in [0.15, 0.2) is 0 Å². The Hall–Kier alpha value is -2.40. The van der Waals surface area contributed by atoms with E-state index in [2.05, 4.69) is 5.16 Å². The summed E-state index contributed by atoms with van der Waals surface area (Å²) in [6.45, 7) is 4.21. The summed E-state index contributed by atoms with van der Waals surface area (Å²) in [5.74, 6) is 0.726. The first-order chi connectivity index (χ1) is 10.7. The molecule has 3 rings (SSSR count). The van der Waals surface area contributed by atoms with Gasteiger partial charge in [-0.2, -0.15) is 11.3 Å². The molecule has 112 valence electrons. The molecule has 0 radical (unpaired) electrons. The van der Waals surface area contributed by atoms with Crippen LogP contribution in [-0.2, 0) is 6.54 Å². The molecule has 0 atom stereocenters. The van der Waals surface area contributed by atoms with Crippen molar-refractivity contribution >= 4 is 22.9 Å². The highest BCUT2D eigenvalue weighted by atomic mass is 32.1. The van der Waals surface area contributed by atoms with E-state index in [0.717, 1.165) is 22.7 Å². The van der Waals surface area contributed by atoms with Gasteiger partial charge in [0.05, 0.1) is 17.8 Å². The van der Waals surface area contributed by atoms with Crippen molar-refractivity contribution in [2.24, 2.45) is 0 Å². The van der Waals surface area contributed by atoms with Gasteiger partial charge in [-0.3, -0.25) is 4.79 Å². The topological polar surface area (TPSA) is 46.3 Å². The zero-order chi connectivity index (χ0) is 15.5. The second-order valence-corrected chi connectivity index (χ2v) is 5.82. The lowest BCUT2D eigenvalue weighted by atomic mass is 10.1. The molecule has 2 heterocycles. The lowest BCUT2D eigenvalue weighted by molar-refractivity contribution is 0.0985. The Bertz CT molecular complexity index is 744. The van der Waals surface area contributed by atoms with Crippen molar-refractivity contribution in [3.05, 3.63) is 69.7 Å². The van der Waals surface area contributed by atoms with E-state index in [4.69, 9.17) is 4.52 Å². The molecule has 1 amide bonds. The van der Waals surface area contributed by atoms with Gasteiger partial charge >= 0.3 is 0 Å². The van der Waals surface area contributed by atoms with Crippen LogP contribution in [0.15, 0.2) is 51.7 Å². The van der Waals surface area contributed by atoms with Gasteiger partial charge in [0.25, 0.3) is 5.91 Å². The van der Waals surface area contributed by atoms with E-state index in [9.17, 15) is 4.79 Å². The van der Waals surface area contributed by atoms with Crippen LogP contribution in [0, 0.1) is 13.8 Å². The van der Waals surface area contributed by atoms with Crippen molar-refractivity contribution in [3.63, 3.8) is 0 Å². The van der Waals surface area contributed by atoms with Gasteiger partial charge in [-0.1, -0.05) is 23.4 Å². The van der Waals surface area contributed by atoms with Crippen LogP contribution in [0.2, 0.25) is 0 Å². The fourth-order valence-corrected chi connectivity index (χ4v) is 2.95. The Labute approximate surface area is 133 Å². The monoisotopic (exact) mass is 312 g/mol. The first-order valence-corrected chi connectivity index (χ1v) is 7.92. The minimum atomic E-state index is -0.0209. The number of carbonyl (C=O) groups is 1. The fourth-order valence-electron chi connectivity index (χ4n) is 2.32. The summed E-state index contributed by atoms with van der Waals surface area (Å²) in [5.41, 5.74) is 3.32. The second kappa shape index (κ2) is 6.15. The predicted molar refractivity (Wildman–Crippen MR) is 87.3 cm³/mol. The molecule has 5 heteroatoms. The predicted octanol–water partition coefficient (Wildman–Crippen LogP) is 4.20. The molecule has 0 bridgehead atoms. The third-order valence-corrected chi connectivity index (χ3v) is 4.26. The van der Waals surface area contributed by atoms with Gasteiger partial charge in [0.1, 0.15) is 5.76 Å². The maximum Gasteiger partial charge on any atom is 0.259 e. The van der Waals surface area contributed by atoms with Crippen LogP contribution in [0.25, 0.3) is 0 Å². The van der Waals surface area contributed by atoms with Crippen molar-refractivity contribution < 1.29 is 9.32 Å². The van der Waals surface area contributed by atoms with E-state index in [1.165, 1.54) is 11.3 Å². The van der Waals surface area contributed by atoms with E-state index in [-0.39, 0.29) is 5.91 Å². The summed E-state index contributed by atoms with van der Waals surface area (Å²) in [4.78, 5) is 14.6. The molecule has 0 fully saturated rings. The number of hydrogen-bond donors (Lipinski definition) is 0. The van der Waals surface area contributed by atoms with Crippen molar-refractivity contribution in [2.45, 2.75) is 20.4 Å². The number of rotatable bonds is 4. The number of hydrogen-bond acceptors (Lipinski definition) is 4. The van der Waals surface area contributed by atoms with Crippen LogP contribution in [0.4, 0.5) is 5.69 Å². The summed E-state index contributed by atoms with van der Waals surface area (Å²) < 4.78 is 5.22. The van der Waals surface area contributed by atoms with Crippen LogP contribution in [0.1, 0.15) is 27.4 Å². The Kier molecular flexibility index (Phi) is 4.06. The zero-order valence-electron chi connectivity index (χ0n) is 12.4. The number of benzene rings is 1. The SMILES string of the molecule is Cc1noc(C)c1CN(C(=O)c1ccsc1)c1ccccc1. The lowest BCUT2D eigenvalue weighted by Crippen LogP contribution is -2.30. The van der Waals surface area contributed by atoms with Crippen LogP contribution < -0.4 is 4.90 Å². The van der Waals surface area contributed by atoms with Gasteiger partial charge in [0, 0.05) is 16.6 Å². The second-order valence-electron chi connectivity index (χ2n) is 5.04. The summed E-state index contributed by atoms with van der Waals surface area (Å²) >= 11 is 1.52. The molecule has 22 heavy (non-hydrogen) atoms. The van der Waals surface area contributed by atoms with Gasteiger partial charge in [-0.05, 0) is 37.4 Å². The molecule has 2 aromatic heterocycles. The van der Waals surface area contributed by atoms with Gasteiger partial charge in [0.2, 0.25) is 0 Å². The molecule has 0 aliphatic carbocycles. The molecule has 0 aliphatic heterocycles. The molecule has 0 N–H and O–H groups in total. The molecule has 0 spiro atoms. The van der Waals surface area contributed by atoms with E-state index < -0.39 is 0 Å². The van der Waals surface area contributed by atoms with Crippen molar-refractivity contribution in [3.8, 4) is 0 Å². The first-order valence-electron chi connectivity index (χ1n) is 6.97. The minimum absolute atomic E-state index is 0.0209. The van der Waals surface area contributed by atoms with E-state index >= 15 is 0 Å². The number of thiophene rings is 1. The third kappa shape index (κ3) is 2.80. The highest BCUT2D eigenvalue weighted by molar-refractivity contribution is 7.08. The first kappa shape index (κ1) is 14.5. The van der Waals surface area contributed by atoms with E-state index in [0.29, 0.717) is 12.1 Å². The van der Waals surface area contributed by atoms with Crippen LogP contribution in [-0.4, -0.2) is 11.1 Å². The van der Waals surface area contributed by atoms with Crippen molar-refractivity contribution in [1.82, 2.24) is 5.16 Å². The summed E-state index contributed by atoms with van der Waals surface area (Å²) in [7, 11) is 0. The van der Waals surface area contributed by atoms with E-state index in [1.54, 1.807) is 4.90 Å². The average Bonchev–Trinajstić information content (AvgIpc) is 3.17. The fraction of sp³-hybridized carbons (Fsp3) is 0.176. The molecule has 0 saturated heterocycles. The summed E-state index contributed by atoms with van der Waals surface area (Å²) in [6, 6.07) is 11.5. The average molecular weight is 312 g/mol. The summed E-state index contributed by atoms with van der Waals surface area (Å²) in [5, 5.41) is 7.75. The number of para-hydroxylation sites is 1. The van der Waals surface area contributed by atoms with Crippen LogP contribution in [0.3, 0.4) is 0 Å². The zero-order valence-corrected chi connectivity index (χ0v) is 13.3. The molecule has 4 nitrogen and oxygen atoms in total. The Balaban J connectivity index is 1.98. The van der Waals surface area contributed by atoms with Crippen molar-refractivity contribution in [2.75, 3.05) is 4.90 Å². The van der Waals surface area contributed by atoms with E-state index in [1.807, 2.05) is 61.0 Å². The van der Waals surface area contributed by atoms with Gasteiger partial charge < -0.3 is 9.42 Å². The number of nitrogens with zero attached hydrogens (tertiary/aromatic N) is 2. The number of amides is 1. The highest BCUT2D eigenvalue weighted by Crippen LogP contribution is 2.23. The molecule has 1 aromatic carbocycles. The minimum Gasteiger partial charge on any atom is -0.361 e. The Morgan fingerprint density at radius 2 is 2.00 bits per heavy atom. The maximum atomic E-state index is 12.8. The standard InChI is InChI=1S/C17H16N2O2S/c1-12-16(13(2)21-18-12)10-19(15-6-4-3-5-7-15)17(20)14-8-9-22-11-14/h3-9,11H,10H2,1-2H3. The number of carbonyl (C=O) groups excluding carboxylic acids is 1. The van der Waals surface area contributed by atoms with Crippen molar-refractivity contribution in [1.29, 1.82) is 0 Å². The lowest BCUT2D eigenvalue weighted by Gasteiger charge is -2.22. The number of aromatic nitrogens is 1. The normalized spacial score (nSPS) is 10.6. The molecular weight excluding hydrogens is 296 g/mol. The Morgan fingerprint density at radius 3 is 2.59 bits per heavy atom. The molecular formula is C17H16N2O2S. The molecule has 0 unspecified atom stereocenters. The maximum absolute atomic E-state index is 12.8. The smallest absolute Gasteiger partial charge is 0.259 e. The Morgan fingerprint density at radius 1 is 1.23 bits per heavy atom. The molecule has 3 aromatic rings.